The number of carbonyl (C=O) groups excluding carboxylic acids is 4. The number of carbonyl (C=O) groups is 4. The summed E-state index contributed by atoms with van der Waals surface area (Å²) in [6.07, 6.45) is 5.68. The van der Waals surface area contributed by atoms with E-state index in [1.165, 1.54) is 26.3 Å². The highest BCUT2D eigenvalue weighted by molar-refractivity contribution is 5.74. The lowest BCUT2D eigenvalue weighted by molar-refractivity contribution is -0.277. The van der Waals surface area contributed by atoms with Gasteiger partial charge in [0.2, 0.25) is 12.4 Å². The summed E-state index contributed by atoms with van der Waals surface area (Å²) in [7, 11) is 0. The second-order valence-electron chi connectivity index (χ2n) is 12.1. The van der Waals surface area contributed by atoms with E-state index in [1.54, 1.807) is 12.5 Å². The first-order valence-corrected chi connectivity index (χ1v) is 14.4. The number of hydrogen-bond acceptors (Lipinski definition) is 10. The number of aryl methyl sites for hydroxylation is 1. The van der Waals surface area contributed by atoms with Gasteiger partial charge >= 0.3 is 23.9 Å². The van der Waals surface area contributed by atoms with Crippen LogP contribution in [0.3, 0.4) is 0 Å². The first-order valence-electron chi connectivity index (χ1n) is 14.4. The first kappa shape index (κ1) is 30.8. The summed E-state index contributed by atoms with van der Waals surface area (Å²) < 4.78 is 33.2. The fraction of sp³-hybridized carbons (Fsp3) is 0.677. The van der Waals surface area contributed by atoms with Crippen LogP contribution in [-0.4, -0.2) is 55.1 Å². The second kappa shape index (κ2) is 12.4. The minimum absolute atomic E-state index is 0.0283. The normalized spacial score (nSPS) is 34.9. The van der Waals surface area contributed by atoms with E-state index in [4.69, 9.17) is 28.1 Å². The molecule has 0 unspecified atom stereocenters. The van der Waals surface area contributed by atoms with Crippen LogP contribution in [0, 0.1) is 22.7 Å². The molecule has 2 fully saturated rings. The van der Waals surface area contributed by atoms with Crippen molar-refractivity contribution in [1.82, 2.24) is 0 Å². The highest BCUT2D eigenvalue weighted by Crippen LogP contribution is 2.62. The lowest BCUT2D eigenvalue weighted by Crippen LogP contribution is -2.59. The van der Waals surface area contributed by atoms with Crippen LogP contribution in [-0.2, 0) is 49.3 Å². The molecule has 0 radical (unpaired) electrons. The van der Waals surface area contributed by atoms with E-state index in [0.717, 1.165) is 37.7 Å². The molecule has 1 saturated heterocycles. The van der Waals surface area contributed by atoms with Crippen LogP contribution in [0.15, 0.2) is 34.7 Å². The molecule has 2 heterocycles. The SMILES string of the molecule is CC(=O)O[C@@H]1[C@@H](OC(=O)[C@@H]2CC[C@@]3(C)C(C)=CCC[C@@H]3[C@@]2(C)CCc2ccoc2)OC[C@@H](OC(C)=O)[C@H]1OC(C)=O. The molecule has 41 heavy (non-hydrogen) atoms. The molecule has 1 saturated carbocycles. The van der Waals surface area contributed by atoms with Gasteiger partial charge in [-0.1, -0.05) is 25.5 Å². The molecule has 8 atom stereocenters. The van der Waals surface area contributed by atoms with Gasteiger partial charge in [-0.05, 0) is 73.8 Å². The number of allylic oxidation sites excluding steroid dienone is 2. The molecular formula is C31H42O10. The summed E-state index contributed by atoms with van der Waals surface area (Å²) in [4.78, 5) is 49.7. The molecule has 3 aliphatic rings. The molecule has 226 valence electrons. The maximum Gasteiger partial charge on any atom is 0.311 e. The molecule has 1 aromatic rings. The zero-order chi connectivity index (χ0) is 29.9. The van der Waals surface area contributed by atoms with Crippen LogP contribution in [0.5, 0.6) is 0 Å². The van der Waals surface area contributed by atoms with Gasteiger partial charge < -0.3 is 28.1 Å². The van der Waals surface area contributed by atoms with Crippen LogP contribution in [0.4, 0.5) is 0 Å². The largest absolute Gasteiger partial charge is 0.472 e. The Labute approximate surface area is 241 Å². The molecule has 1 aliphatic heterocycles. The van der Waals surface area contributed by atoms with Crippen LogP contribution in [0.1, 0.15) is 79.2 Å². The third-order valence-electron chi connectivity index (χ3n) is 9.47. The fourth-order valence-corrected chi connectivity index (χ4v) is 7.33. The highest BCUT2D eigenvalue weighted by Gasteiger charge is 2.58. The van der Waals surface area contributed by atoms with Crippen LogP contribution < -0.4 is 0 Å². The Morgan fingerprint density at radius 3 is 2.27 bits per heavy atom. The number of hydrogen-bond donors (Lipinski definition) is 0. The lowest BCUT2D eigenvalue weighted by Gasteiger charge is -2.58. The van der Waals surface area contributed by atoms with Gasteiger partial charge in [0.15, 0.2) is 12.2 Å². The van der Waals surface area contributed by atoms with E-state index in [2.05, 4.69) is 26.8 Å². The standard InChI is InChI=1S/C31H42O10/c1-18-8-7-9-25-30(18,5)14-11-23(31(25,6)13-10-22-12-15-36-16-22)28(35)41-29-27(40-21(4)34)26(39-20(3)33)24(17-37-29)38-19(2)32/h8,12,15-16,23-27,29H,7,9-11,13-14,17H2,1-6H3/t23-,24+,25-,26+,27-,29+,30-,31-/m0/s1. The Morgan fingerprint density at radius 2 is 1.63 bits per heavy atom. The van der Waals surface area contributed by atoms with Gasteiger partial charge in [-0.3, -0.25) is 19.2 Å². The van der Waals surface area contributed by atoms with E-state index in [0.29, 0.717) is 6.42 Å². The zero-order valence-corrected chi connectivity index (χ0v) is 24.8. The molecule has 4 rings (SSSR count). The van der Waals surface area contributed by atoms with Crippen molar-refractivity contribution in [3.63, 3.8) is 0 Å². The van der Waals surface area contributed by atoms with Gasteiger partial charge in [0.1, 0.15) is 0 Å². The number of fused-ring (bicyclic) bond motifs is 1. The van der Waals surface area contributed by atoms with E-state index in [-0.39, 0.29) is 17.9 Å². The van der Waals surface area contributed by atoms with E-state index < -0.39 is 59.8 Å². The molecule has 10 nitrogen and oxygen atoms in total. The zero-order valence-electron chi connectivity index (χ0n) is 24.8. The second-order valence-corrected chi connectivity index (χ2v) is 12.1. The van der Waals surface area contributed by atoms with Crippen molar-refractivity contribution in [3.8, 4) is 0 Å². The average molecular weight is 575 g/mol. The van der Waals surface area contributed by atoms with Crippen molar-refractivity contribution >= 4 is 23.9 Å². The minimum Gasteiger partial charge on any atom is -0.472 e. The third-order valence-corrected chi connectivity index (χ3v) is 9.47. The van der Waals surface area contributed by atoms with Gasteiger partial charge in [0.05, 0.1) is 25.1 Å². The van der Waals surface area contributed by atoms with Crippen molar-refractivity contribution in [2.45, 2.75) is 105 Å². The number of furan rings is 1. The van der Waals surface area contributed by atoms with Crippen LogP contribution in [0.25, 0.3) is 0 Å². The quantitative estimate of drug-likeness (QED) is 0.245. The van der Waals surface area contributed by atoms with Gasteiger partial charge in [-0.25, -0.2) is 0 Å². The molecule has 0 spiro atoms. The highest BCUT2D eigenvalue weighted by atomic mass is 16.7. The predicted molar refractivity (Wildman–Crippen MR) is 145 cm³/mol. The van der Waals surface area contributed by atoms with Crippen LogP contribution in [0.2, 0.25) is 0 Å². The van der Waals surface area contributed by atoms with E-state index in [9.17, 15) is 19.2 Å². The van der Waals surface area contributed by atoms with Crippen molar-refractivity contribution in [2.24, 2.45) is 22.7 Å². The molecule has 1 aromatic heterocycles. The van der Waals surface area contributed by atoms with Crippen molar-refractivity contribution in [3.05, 3.63) is 35.8 Å². The molecule has 10 heteroatoms. The smallest absolute Gasteiger partial charge is 0.311 e. The van der Waals surface area contributed by atoms with Crippen molar-refractivity contribution in [2.75, 3.05) is 6.61 Å². The van der Waals surface area contributed by atoms with Gasteiger partial charge in [-0.15, -0.1) is 0 Å². The molecule has 0 N–H and O–H groups in total. The summed E-state index contributed by atoms with van der Waals surface area (Å²) in [5.41, 5.74) is 2.00. The van der Waals surface area contributed by atoms with E-state index in [1.807, 2.05) is 6.07 Å². The fourth-order valence-electron chi connectivity index (χ4n) is 7.33. The lowest BCUT2D eigenvalue weighted by atomic mass is 9.46. The molecule has 2 aliphatic carbocycles. The first-order chi connectivity index (χ1) is 19.3. The van der Waals surface area contributed by atoms with Gasteiger partial charge in [-0.2, -0.15) is 0 Å². The molecule has 0 aromatic carbocycles. The van der Waals surface area contributed by atoms with Crippen LogP contribution >= 0.6 is 0 Å². The number of esters is 4. The minimum atomic E-state index is -1.35. The topological polar surface area (TPSA) is 128 Å². The Balaban J connectivity index is 1.61. The summed E-state index contributed by atoms with van der Waals surface area (Å²) >= 11 is 0. The van der Waals surface area contributed by atoms with Gasteiger partial charge in [0, 0.05) is 20.8 Å². The van der Waals surface area contributed by atoms with Gasteiger partial charge in [0.25, 0.3) is 0 Å². The maximum atomic E-state index is 14.1. The molecular weight excluding hydrogens is 532 g/mol. The van der Waals surface area contributed by atoms with Crippen molar-refractivity contribution in [1.29, 1.82) is 0 Å². The van der Waals surface area contributed by atoms with E-state index >= 15 is 0 Å². The Morgan fingerprint density at radius 1 is 0.951 bits per heavy atom. The monoisotopic (exact) mass is 574 g/mol. The van der Waals surface area contributed by atoms with Crippen molar-refractivity contribution < 1.29 is 47.3 Å². The molecule has 0 bridgehead atoms. The summed E-state index contributed by atoms with van der Waals surface area (Å²) in [5, 5.41) is 0. The third kappa shape index (κ3) is 6.52. The Bertz CT molecular complexity index is 1160. The number of rotatable bonds is 8. The summed E-state index contributed by atoms with van der Waals surface area (Å²) in [6.45, 7) is 10.1. The Hall–Kier alpha value is -3.14. The Kier molecular flexibility index (Phi) is 9.31. The summed E-state index contributed by atoms with van der Waals surface area (Å²) in [6, 6.07) is 1.94. The maximum absolute atomic E-state index is 14.1. The summed E-state index contributed by atoms with van der Waals surface area (Å²) in [5.74, 6) is -2.64. The number of ether oxygens (including phenoxy) is 5. The average Bonchev–Trinajstić information content (AvgIpc) is 3.41. The predicted octanol–water partition coefficient (Wildman–Crippen LogP) is 4.69. The molecule has 0 amide bonds.